The monoisotopic (exact) mass is 467 g/mol. The molecule has 0 aromatic rings. The number of rotatable bonds is 9. The fourth-order valence-electron chi connectivity index (χ4n) is 3.79. The topological polar surface area (TPSA) is 108 Å². The number of methoxy groups -OCH3 is 2. The highest BCUT2D eigenvalue weighted by molar-refractivity contribution is 5.87. The normalized spacial score (nSPS) is 20.8. The minimum absolute atomic E-state index is 0.0864. The summed E-state index contributed by atoms with van der Waals surface area (Å²) in [5.41, 5.74) is 0.474. The number of hydrogen-bond acceptors (Lipinski definition) is 8. The van der Waals surface area contributed by atoms with Crippen LogP contribution in [0, 0.1) is 11.8 Å². The summed E-state index contributed by atoms with van der Waals surface area (Å²) in [6, 6.07) is -1.01. The van der Waals surface area contributed by atoms with Crippen LogP contribution < -0.4 is 0 Å². The van der Waals surface area contributed by atoms with Gasteiger partial charge in [-0.05, 0) is 47.5 Å². The molecule has 1 heterocycles. The van der Waals surface area contributed by atoms with E-state index in [1.54, 1.807) is 40.7 Å². The fraction of sp³-hybridized carbons (Fsp3) is 0.667. The third-order valence-corrected chi connectivity index (χ3v) is 5.39. The van der Waals surface area contributed by atoms with E-state index in [2.05, 4.69) is 6.58 Å². The Morgan fingerprint density at radius 3 is 2.27 bits per heavy atom. The molecule has 3 atom stereocenters. The van der Waals surface area contributed by atoms with E-state index in [1.807, 2.05) is 0 Å². The van der Waals surface area contributed by atoms with Crippen molar-refractivity contribution in [1.29, 1.82) is 0 Å². The van der Waals surface area contributed by atoms with Gasteiger partial charge in [0.2, 0.25) is 0 Å². The molecule has 1 amide bonds. The summed E-state index contributed by atoms with van der Waals surface area (Å²) in [4.78, 5) is 50.8. The van der Waals surface area contributed by atoms with Crippen molar-refractivity contribution in [3.63, 3.8) is 0 Å². The Labute approximate surface area is 196 Å². The molecule has 0 spiro atoms. The Balaban J connectivity index is 3.15. The minimum atomic E-state index is -1.01. The van der Waals surface area contributed by atoms with E-state index >= 15 is 0 Å². The third-order valence-electron chi connectivity index (χ3n) is 5.39. The highest BCUT2D eigenvalue weighted by Gasteiger charge is 2.51. The second-order valence-corrected chi connectivity index (χ2v) is 8.96. The maximum absolute atomic E-state index is 12.9. The third kappa shape index (κ3) is 8.22. The van der Waals surface area contributed by atoms with Gasteiger partial charge in [0.05, 0.1) is 27.2 Å². The van der Waals surface area contributed by atoms with Crippen molar-refractivity contribution in [1.82, 2.24) is 4.90 Å². The predicted octanol–water partition coefficient (Wildman–Crippen LogP) is 3.42. The van der Waals surface area contributed by atoms with Crippen LogP contribution >= 0.6 is 0 Å². The average Bonchev–Trinajstić information content (AvgIpc) is 3.11. The van der Waals surface area contributed by atoms with Gasteiger partial charge in [-0.1, -0.05) is 18.2 Å². The first-order valence-electron chi connectivity index (χ1n) is 11.0. The van der Waals surface area contributed by atoms with Crippen LogP contribution in [0.1, 0.15) is 53.9 Å². The van der Waals surface area contributed by atoms with E-state index in [0.717, 1.165) is 5.57 Å². The van der Waals surface area contributed by atoms with Crippen LogP contribution in [0.3, 0.4) is 0 Å². The summed E-state index contributed by atoms with van der Waals surface area (Å²) in [6.07, 6.45) is 2.02. The molecule has 0 saturated carbocycles. The molecular weight excluding hydrogens is 430 g/mol. The van der Waals surface area contributed by atoms with Gasteiger partial charge in [0.1, 0.15) is 11.6 Å². The number of hydrogen-bond donors (Lipinski definition) is 0. The van der Waals surface area contributed by atoms with E-state index in [4.69, 9.17) is 18.9 Å². The van der Waals surface area contributed by atoms with Crippen molar-refractivity contribution >= 4 is 24.0 Å². The highest BCUT2D eigenvalue weighted by Crippen LogP contribution is 2.39. The minimum Gasteiger partial charge on any atom is -0.469 e. The van der Waals surface area contributed by atoms with Gasteiger partial charge in [-0.25, -0.2) is 14.4 Å². The van der Waals surface area contributed by atoms with Crippen LogP contribution in [-0.4, -0.2) is 67.9 Å². The summed E-state index contributed by atoms with van der Waals surface area (Å²) >= 11 is 0. The van der Waals surface area contributed by atoms with E-state index in [-0.39, 0.29) is 24.9 Å². The zero-order chi connectivity index (χ0) is 25.3. The second-order valence-electron chi connectivity index (χ2n) is 8.96. The van der Waals surface area contributed by atoms with Crippen molar-refractivity contribution in [2.75, 3.05) is 27.4 Å². The average molecular weight is 468 g/mol. The number of likely N-dealkylation sites (tertiary alicyclic amines) is 1. The lowest BCUT2D eigenvalue weighted by Gasteiger charge is -2.28. The van der Waals surface area contributed by atoms with Crippen LogP contribution in [0.15, 0.2) is 23.8 Å². The Bertz CT molecular complexity index is 780. The number of carbonyl (C=O) groups excluding carboxylic acids is 4. The van der Waals surface area contributed by atoms with Gasteiger partial charge in [0, 0.05) is 24.0 Å². The molecule has 9 nitrogen and oxygen atoms in total. The number of allylic oxidation sites excluding steroid dienone is 1. The van der Waals surface area contributed by atoms with Crippen molar-refractivity contribution in [3.8, 4) is 0 Å². The number of carbonyl (C=O) groups is 4. The molecule has 9 heteroatoms. The molecule has 1 aliphatic rings. The van der Waals surface area contributed by atoms with Crippen molar-refractivity contribution < 1.29 is 38.1 Å². The number of amides is 1. The Morgan fingerprint density at radius 2 is 1.76 bits per heavy atom. The lowest BCUT2D eigenvalue weighted by molar-refractivity contribution is -0.149. The first-order valence-corrected chi connectivity index (χ1v) is 11.0. The summed E-state index contributed by atoms with van der Waals surface area (Å²) in [7, 11) is 2.50. The first kappa shape index (κ1) is 28.2. The Kier molecular flexibility index (Phi) is 10.6. The molecule has 0 aromatic carbocycles. The Hall–Kier alpha value is -2.84. The second kappa shape index (κ2) is 12.4. The molecular formula is C24H37NO8. The summed E-state index contributed by atoms with van der Waals surface area (Å²) < 4.78 is 20.2. The molecule has 0 N–H and O–H groups in total. The summed E-state index contributed by atoms with van der Waals surface area (Å²) in [6.45, 7) is 13.2. The van der Waals surface area contributed by atoms with Gasteiger partial charge in [-0.3, -0.25) is 9.69 Å². The van der Waals surface area contributed by atoms with Gasteiger partial charge in [0.25, 0.3) is 0 Å². The summed E-state index contributed by atoms with van der Waals surface area (Å²) in [5.74, 6) is -2.47. The molecule has 1 aliphatic heterocycles. The fourth-order valence-corrected chi connectivity index (χ4v) is 3.79. The lowest BCUT2D eigenvalue weighted by Crippen LogP contribution is -2.46. The lowest BCUT2D eigenvalue weighted by atomic mass is 9.81. The van der Waals surface area contributed by atoms with Gasteiger partial charge in [-0.2, -0.15) is 0 Å². The van der Waals surface area contributed by atoms with Crippen LogP contribution in [0.2, 0.25) is 0 Å². The van der Waals surface area contributed by atoms with Gasteiger partial charge in [-0.15, -0.1) is 0 Å². The molecule has 0 aliphatic carbocycles. The van der Waals surface area contributed by atoms with Crippen molar-refractivity contribution in [2.24, 2.45) is 11.8 Å². The van der Waals surface area contributed by atoms with Crippen LogP contribution in [-0.2, 0) is 33.3 Å². The Morgan fingerprint density at radius 1 is 1.12 bits per heavy atom. The van der Waals surface area contributed by atoms with E-state index in [9.17, 15) is 19.2 Å². The largest absolute Gasteiger partial charge is 0.469 e. The SMILES string of the molecule is C=C(CC/C=C(\C)C(=O)OCC)[C@H]1CN(C(=O)OC(C)(C)C)[C@H](C(=O)OC)[C@H]1CC(=O)OC. The van der Waals surface area contributed by atoms with Crippen molar-refractivity contribution in [2.45, 2.75) is 65.5 Å². The van der Waals surface area contributed by atoms with Crippen molar-refractivity contribution in [3.05, 3.63) is 23.8 Å². The molecule has 0 aromatic heterocycles. The van der Waals surface area contributed by atoms with Gasteiger partial charge < -0.3 is 18.9 Å². The molecule has 1 fully saturated rings. The molecule has 33 heavy (non-hydrogen) atoms. The molecule has 1 saturated heterocycles. The van der Waals surface area contributed by atoms with Crippen LogP contribution in [0.25, 0.3) is 0 Å². The number of esters is 3. The molecule has 186 valence electrons. The van der Waals surface area contributed by atoms with Crippen LogP contribution in [0.5, 0.6) is 0 Å². The molecule has 0 bridgehead atoms. The zero-order valence-corrected chi connectivity index (χ0v) is 20.8. The first-order chi connectivity index (χ1) is 15.4. The maximum Gasteiger partial charge on any atom is 0.411 e. The smallest absolute Gasteiger partial charge is 0.411 e. The van der Waals surface area contributed by atoms with Gasteiger partial charge >= 0.3 is 24.0 Å². The van der Waals surface area contributed by atoms with Gasteiger partial charge in [0.15, 0.2) is 0 Å². The molecule has 1 rings (SSSR count). The van der Waals surface area contributed by atoms with E-state index in [1.165, 1.54) is 19.1 Å². The van der Waals surface area contributed by atoms with Crippen LogP contribution in [0.4, 0.5) is 4.79 Å². The summed E-state index contributed by atoms with van der Waals surface area (Å²) in [5, 5.41) is 0. The number of ether oxygens (including phenoxy) is 4. The van der Waals surface area contributed by atoms with E-state index in [0.29, 0.717) is 25.0 Å². The standard InChI is InChI=1S/C24H37NO8/c1-9-32-21(27)16(3)12-10-11-15(2)18-14-25(23(29)33-24(4,5)6)20(22(28)31-8)17(18)13-19(26)30-7/h12,17-18,20H,2,9-11,13-14H2,1,3-8H3/b16-12+/t17-,18+,20-/m0/s1. The molecule has 0 radical (unpaired) electrons. The highest BCUT2D eigenvalue weighted by atomic mass is 16.6. The zero-order valence-electron chi connectivity index (χ0n) is 20.8. The number of nitrogens with zero attached hydrogens (tertiary/aromatic N) is 1. The predicted molar refractivity (Wildman–Crippen MR) is 121 cm³/mol. The maximum atomic E-state index is 12.9. The quantitative estimate of drug-likeness (QED) is 0.220. The molecule has 0 unspecified atom stereocenters. The van der Waals surface area contributed by atoms with E-state index < -0.39 is 35.6 Å².